The summed E-state index contributed by atoms with van der Waals surface area (Å²) in [6.45, 7) is 9.73. The highest BCUT2D eigenvalue weighted by Crippen LogP contribution is 2.36. The lowest BCUT2D eigenvalue weighted by molar-refractivity contribution is 0.187. The molecule has 0 amide bonds. The Labute approximate surface area is 113 Å². The number of hydrogen-bond acceptors (Lipinski definition) is 1. The van der Waals surface area contributed by atoms with Crippen molar-refractivity contribution in [3.05, 3.63) is 30.3 Å². The lowest BCUT2D eigenvalue weighted by atomic mass is 9.74. The zero-order valence-corrected chi connectivity index (χ0v) is 13.3. The minimum atomic E-state index is -1.51. The van der Waals surface area contributed by atoms with E-state index in [0.717, 1.165) is 0 Å². The summed E-state index contributed by atoms with van der Waals surface area (Å²) in [5.74, 6) is 0. The topological polar surface area (TPSA) is 12.0 Å². The first kappa shape index (κ1) is 13.8. The standard InChI is InChI=1S/C16H27NSi/c1-16(2)13-9-8-12-15(16)17-18(3,4)14-10-6-5-7-11-14/h5-7,10-11,15,17H,8-9,12-13H2,1-4H3. The van der Waals surface area contributed by atoms with Gasteiger partial charge in [0.1, 0.15) is 0 Å². The summed E-state index contributed by atoms with van der Waals surface area (Å²) in [5.41, 5.74) is 0.456. The van der Waals surface area contributed by atoms with Gasteiger partial charge in [-0.2, -0.15) is 0 Å². The van der Waals surface area contributed by atoms with Crippen LogP contribution >= 0.6 is 0 Å². The van der Waals surface area contributed by atoms with E-state index in [1.165, 1.54) is 30.9 Å². The summed E-state index contributed by atoms with van der Waals surface area (Å²) >= 11 is 0. The maximum Gasteiger partial charge on any atom is 0.151 e. The van der Waals surface area contributed by atoms with Crippen LogP contribution in [0.2, 0.25) is 13.1 Å². The van der Waals surface area contributed by atoms with Gasteiger partial charge in [0.25, 0.3) is 0 Å². The van der Waals surface area contributed by atoms with Crippen LogP contribution in [0.5, 0.6) is 0 Å². The first-order valence-electron chi connectivity index (χ1n) is 7.25. The molecule has 0 spiro atoms. The number of rotatable bonds is 3. The van der Waals surface area contributed by atoms with Crippen molar-refractivity contribution < 1.29 is 0 Å². The zero-order chi connectivity index (χ0) is 13.2. The molecule has 0 aliphatic heterocycles. The summed E-state index contributed by atoms with van der Waals surface area (Å²) in [6, 6.07) is 11.7. The third-order valence-electron chi connectivity index (χ3n) is 4.54. The highest BCUT2D eigenvalue weighted by Gasteiger charge is 2.36. The highest BCUT2D eigenvalue weighted by molar-refractivity contribution is 6.87. The third-order valence-corrected chi connectivity index (χ3v) is 7.38. The molecule has 1 aliphatic rings. The second-order valence-electron chi connectivity index (χ2n) is 6.92. The largest absolute Gasteiger partial charge is 0.331 e. The Hall–Kier alpha value is -0.603. The third kappa shape index (κ3) is 3.04. The van der Waals surface area contributed by atoms with Crippen LogP contribution in [0.4, 0.5) is 0 Å². The van der Waals surface area contributed by atoms with Crippen LogP contribution in [-0.4, -0.2) is 14.3 Å². The van der Waals surface area contributed by atoms with Crippen molar-refractivity contribution in [3.8, 4) is 0 Å². The summed E-state index contributed by atoms with van der Waals surface area (Å²) < 4.78 is 0. The van der Waals surface area contributed by atoms with Crippen LogP contribution in [0.15, 0.2) is 30.3 Å². The molecule has 0 aromatic heterocycles. The Balaban J connectivity index is 2.12. The lowest BCUT2D eigenvalue weighted by Crippen LogP contribution is -2.62. The number of benzene rings is 1. The Morgan fingerprint density at radius 3 is 2.39 bits per heavy atom. The lowest BCUT2D eigenvalue weighted by Gasteiger charge is -2.43. The van der Waals surface area contributed by atoms with Crippen LogP contribution in [0.3, 0.4) is 0 Å². The summed E-state index contributed by atoms with van der Waals surface area (Å²) in [7, 11) is -1.51. The van der Waals surface area contributed by atoms with Crippen molar-refractivity contribution in [3.63, 3.8) is 0 Å². The molecule has 0 radical (unpaired) electrons. The zero-order valence-electron chi connectivity index (χ0n) is 12.3. The molecule has 0 saturated heterocycles. The Morgan fingerprint density at radius 2 is 1.78 bits per heavy atom. The Kier molecular flexibility index (Phi) is 3.98. The van der Waals surface area contributed by atoms with E-state index < -0.39 is 8.24 Å². The van der Waals surface area contributed by atoms with E-state index >= 15 is 0 Å². The van der Waals surface area contributed by atoms with E-state index in [-0.39, 0.29) is 0 Å². The van der Waals surface area contributed by atoms with Gasteiger partial charge in [-0.3, -0.25) is 0 Å². The fourth-order valence-corrected chi connectivity index (χ4v) is 5.73. The molecular weight excluding hydrogens is 234 g/mol. The van der Waals surface area contributed by atoms with E-state index in [4.69, 9.17) is 0 Å². The van der Waals surface area contributed by atoms with E-state index in [2.05, 4.69) is 62.3 Å². The molecule has 0 bridgehead atoms. The van der Waals surface area contributed by atoms with Gasteiger partial charge in [0.2, 0.25) is 0 Å². The van der Waals surface area contributed by atoms with E-state index in [0.29, 0.717) is 11.5 Å². The molecule has 1 nitrogen and oxygen atoms in total. The molecule has 1 N–H and O–H groups in total. The molecule has 1 unspecified atom stereocenters. The van der Waals surface area contributed by atoms with Crippen LogP contribution < -0.4 is 10.2 Å². The van der Waals surface area contributed by atoms with Crippen LogP contribution in [0, 0.1) is 5.41 Å². The van der Waals surface area contributed by atoms with Gasteiger partial charge in [0.05, 0.1) is 0 Å². The Bertz CT molecular complexity index is 383. The Morgan fingerprint density at radius 1 is 1.11 bits per heavy atom. The molecule has 1 aromatic carbocycles. The average Bonchev–Trinajstić information content (AvgIpc) is 2.33. The minimum absolute atomic E-state index is 0.456. The van der Waals surface area contributed by atoms with Gasteiger partial charge in [-0.25, -0.2) is 0 Å². The molecule has 1 aromatic rings. The average molecular weight is 261 g/mol. The minimum Gasteiger partial charge on any atom is -0.331 e. The van der Waals surface area contributed by atoms with Gasteiger partial charge in [-0.05, 0) is 23.4 Å². The molecule has 100 valence electrons. The van der Waals surface area contributed by atoms with Crippen molar-refractivity contribution in [2.24, 2.45) is 5.41 Å². The van der Waals surface area contributed by atoms with Crippen molar-refractivity contribution in [1.82, 2.24) is 4.98 Å². The SMILES string of the molecule is CC1(C)CCCCC1N[Si](C)(C)c1ccccc1. The molecule has 1 fully saturated rings. The summed E-state index contributed by atoms with van der Waals surface area (Å²) in [4.78, 5) is 4.04. The second kappa shape index (κ2) is 5.18. The maximum atomic E-state index is 4.04. The smallest absolute Gasteiger partial charge is 0.151 e. The van der Waals surface area contributed by atoms with Crippen LogP contribution in [-0.2, 0) is 0 Å². The normalized spacial score (nSPS) is 23.9. The van der Waals surface area contributed by atoms with Crippen LogP contribution in [0.1, 0.15) is 39.5 Å². The summed E-state index contributed by atoms with van der Waals surface area (Å²) in [6.07, 6.45) is 5.50. The molecule has 1 aliphatic carbocycles. The van der Waals surface area contributed by atoms with Gasteiger partial charge >= 0.3 is 0 Å². The van der Waals surface area contributed by atoms with Crippen molar-refractivity contribution in [1.29, 1.82) is 0 Å². The molecule has 2 heteroatoms. The van der Waals surface area contributed by atoms with E-state index in [1.807, 2.05) is 0 Å². The maximum absolute atomic E-state index is 4.04. The second-order valence-corrected chi connectivity index (χ2v) is 11.0. The molecule has 0 heterocycles. The number of nitrogens with one attached hydrogen (secondary N) is 1. The van der Waals surface area contributed by atoms with Gasteiger partial charge in [0.15, 0.2) is 8.24 Å². The quantitative estimate of drug-likeness (QED) is 0.819. The molecule has 18 heavy (non-hydrogen) atoms. The number of hydrogen-bond donors (Lipinski definition) is 1. The fourth-order valence-electron chi connectivity index (χ4n) is 3.14. The summed E-state index contributed by atoms with van der Waals surface area (Å²) in [5, 5.41) is 1.52. The molecule has 1 saturated carbocycles. The van der Waals surface area contributed by atoms with E-state index in [1.54, 1.807) is 0 Å². The first-order chi connectivity index (χ1) is 8.42. The molecular formula is C16H27NSi. The monoisotopic (exact) mass is 261 g/mol. The van der Waals surface area contributed by atoms with Gasteiger partial charge < -0.3 is 4.98 Å². The van der Waals surface area contributed by atoms with Gasteiger partial charge in [-0.15, -0.1) is 0 Å². The first-order valence-corrected chi connectivity index (χ1v) is 10.2. The predicted molar refractivity (Wildman–Crippen MR) is 82.7 cm³/mol. The van der Waals surface area contributed by atoms with E-state index in [9.17, 15) is 0 Å². The predicted octanol–water partition coefficient (Wildman–Crippen LogP) is 3.66. The highest BCUT2D eigenvalue weighted by atomic mass is 28.3. The van der Waals surface area contributed by atoms with Gasteiger partial charge in [0, 0.05) is 6.04 Å². The molecule has 2 rings (SSSR count). The fraction of sp³-hybridized carbons (Fsp3) is 0.625. The van der Waals surface area contributed by atoms with Gasteiger partial charge in [-0.1, -0.05) is 70.1 Å². The van der Waals surface area contributed by atoms with Crippen molar-refractivity contribution >= 4 is 13.4 Å². The molecule has 1 atom stereocenters. The van der Waals surface area contributed by atoms with Crippen LogP contribution in [0.25, 0.3) is 0 Å². The van der Waals surface area contributed by atoms with Crippen molar-refractivity contribution in [2.45, 2.75) is 58.7 Å². The van der Waals surface area contributed by atoms with Crippen molar-refractivity contribution in [2.75, 3.05) is 0 Å².